The van der Waals surface area contributed by atoms with Gasteiger partial charge in [-0.15, -0.1) is 0 Å². The van der Waals surface area contributed by atoms with Gasteiger partial charge in [-0.1, -0.05) is 23.7 Å². The van der Waals surface area contributed by atoms with Crippen molar-refractivity contribution >= 4 is 55.1 Å². The highest BCUT2D eigenvalue weighted by molar-refractivity contribution is 9.11. The maximum Gasteiger partial charge on any atom is 0.435 e. The zero-order valence-electron chi connectivity index (χ0n) is 15.2. The van der Waals surface area contributed by atoms with Crippen molar-refractivity contribution in [1.29, 1.82) is 0 Å². The Balaban J connectivity index is 1.83. The summed E-state index contributed by atoms with van der Waals surface area (Å²) in [4.78, 5) is 12.3. The van der Waals surface area contributed by atoms with Crippen molar-refractivity contribution in [2.75, 3.05) is 11.9 Å². The van der Waals surface area contributed by atoms with E-state index in [1.54, 1.807) is 12.1 Å². The highest BCUT2D eigenvalue weighted by Crippen LogP contribution is 2.34. The summed E-state index contributed by atoms with van der Waals surface area (Å²) in [5.41, 5.74) is 0.465. The van der Waals surface area contributed by atoms with Crippen LogP contribution in [0.15, 0.2) is 51.4 Å². The predicted octanol–water partition coefficient (Wildman–Crippen LogP) is 6.40. The SMILES string of the molecule is Cc1cc(Br)c(NC(=O)COc2cc(C(F)(F)F)nn2-c2ccccc2Cl)c(Br)c1. The average molecular weight is 568 g/mol. The number of anilines is 1. The van der Waals surface area contributed by atoms with Crippen LogP contribution in [0.25, 0.3) is 5.69 Å². The van der Waals surface area contributed by atoms with Crippen molar-refractivity contribution in [3.8, 4) is 11.6 Å². The van der Waals surface area contributed by atoms with Crippen LogP contribution < -0.4 is 10.1 Å². The molecule has 2 aromatic carbocycles. The maximum absolute atomic E-state index is 13.2. The van der Waals surface area contributed by atoms with Crippen LogP contribution in [0.5, 0.6) is 5.88 Å². The third kappa shape index (κ3) is 5.16. The molecule has 5 nitrogen and oxygen atoms in total. The number of para-hydroxylation sites is 1. The van der Waals surface area contributed by atoms with Crippen LogP contribution in [0.2, 0.25) is 5.02 Å². The van der Waals surface area contributed by atoms with E-state index in [9.17, 15) is 18.0 Å². The monoisotopic (exact) mass is 565 g/mol. The van der Waals surface area contributed by atoms with Gasteiger partial charge in [-0.25, -0.2) is 0 Å². The summed E-state index contributed by atoms with van der Waals surface area (Å²) < 4.78 is 47.0. The molecule has 0 bridgehead atoms. The van der Waals surface area contributed by atoms with Gasteiger partial charge in [-0.2, -0.15) is 23.0 Å². The van der Waals surface area contributed by atoms with Crippen LogP contribution >= 0.6 is 43.5 Å². The van der Waals surface area contributed by atoms with Crippen molar-refractivity contribution < 1.29 is 22.7 Å². The molecule has 0 aliphatic carbocycles. The summed E-state index contributed by atoms with van der Waals surface area (Å²) >= 11 is 12.8. The number of hydrogen-bond acceptors (Lipinski definition) is 3. The van der Waals surface area contributed by atoms with Crippen LogP contribution in [-0.2, 0) is 11.0 Å². The molecule has 1 aromatic heterocycles. The van der Waals surface area contributed by atoms with E-state index >= 15 is 0 Å². The lowest BCUT2D eigenvalue weighted by Gasteiger charge is -2.12. The molecule has 0 aliphatic rings. The molecule has 158 valence electrons. The third-order valence-corrected chi connectivity index (χ3v) is 5.42. The molecule has 30 heavy (non-hydrogen) atoms. The van der Waals surface area contributed by atoms with E-state index in [0.29, 0.717) is 20.7 Å². The zero-order valence-corrected chi connectivity index (χ0v) is 19.2. The molecule has 0 fully saturated rings. The van der Waals surface area contributed by atoms with Gasteiger partial charge in [0, 0.05) is 15.0 Å². The fourth-order valence-electron chi connectivity index (χ4n) is 2.54. The molecule has 0 atom stereocenters. The van der Waals surface area contributed by atoms with Gasteiger partial charge >= 0.3 is 6.18 Å². The van der Waals surface area contributed by atoms with Crippen molar-refractivity contribution in [3.05, 3.63) is 67.7 Å². The number of amides is 1. The van der Waals surface area contributed by atoms with E-state index in [1.165, 1.54) is 12.1 Å². The molecular formula is C19H13Br2ClF3N3O2. The number of nitrogens with zero attached hydrogens (tertiary/aromatic N) is 2. The summed E-state index contributed by atoms with van der Waals surface area (Å²) in [7, 11) is 0. The summed E-state index contributed by atoms with van der Waals surface area (Å²) in [5.74, 6) is -0.840. The van der Waals surface area contributed by atoms with E-state index in [0.717, 1.165) is 10.2 Å². The van der Waals surface area contributed by atoms with Gasteiger partial charge in [0.1, 0.15) is 0 Å². The van der Waals surface area contributed by atoms with Gasteiger partial charge in [-0.05, 0) is 68.6 Å². The number of halogens is 6. The van der Waals surface area contributed by atoms with Gasteiger partial charge < -0.3 is 10.1 Å². The number of nitrogens with one attached hydrogen (secondary N) is 1. The van der Waals surface area contributed by atoms with Crippen LogP contribution in [0.1, 0.15) is 11.3 Å². The minimum absolute atomic E-state index is 0.177. The number of alkyl halides is 3. The second-order valence-corrected chi connectivity index (χ2v) is 8.29. The molecule has 3 rings (SSSR count). The topological polar surface area (TPSA) is 56.1 Å². The minimum Gasteiger partial charge on any atom is -0.467 e. The lowest BCUT2D eigenvalue weighted by atomic mass is 10.2. The second-order valence-electron chi connectivity index (χ2n) is 6.17. The Labute approximate surface area is 191 Å². The van der Waals surface area contributed by atoms with E-state index in [-0.39, 0.29) is 16.6 Å². The van der Waals surface area contributed by atoms with E-state index in [1.807, 2.05) is 19.1 Å². The number of hydrogen-bond donors (Lipinski definition) is 1. The normalized spacial score (nSPS) is 11.4. The number of aryl methyl sites for hydroxylation is 1. The largest absolute Gasteiger partial charge is 0.467 e. The standard InChI is InChI=1S/C19H13Br2ClF3N3O2/c1-10-6-11(20)18(12(21)7-10)26-16(29)9-30-17-8-15(19(23,24)25)27-28(17)14-5-3-2-4-13(14)22/h2-8H,9H2,1H3,(H,26,29). The molecule has 0 unspecified atom stereocenters. The molecular weight excluding hydrogens is 554 g/mol. The minimum atomic E-state index is -4.69. The lowest BCUT2D eigenvalue weighted by Crippen LogP contribution is -2.21. The fourth-order valence-corrected chi connectivity index (χ4v) is 4.37. The summed E-state index contributed by atoms with van der Waals surface area (Å²) in [6.45, 7) is 1.35. The number of carbonyl (C=O) groups excluding carboxylic acids is 1. The van der Waals surface area contributed by atoms with Gasteiger partial charge in [0.05, 0.1) is 16.4 Å². The van der Waals surface area contributed by atoms with Crippen LogP contribution in [0, 0.1) is 6.92 Å². The Morgan fingerprint density at radius 3 is 2.43 bits per heavy atom. The maximum atomic E-state index is 13.2. The van der Waals surface area contributed by atoms with Crippen LogP contribution in [-0.4, -0.2) is 22.3 Å². The Bertz CT molecular complexity index is 1080. The third-order valence-electron chi connectivity index (χ3n) is 3.85. The first-order valence-corrected chi connectivity index (χ1v) is 10.3. The van der Waals surface area contributed by atoms with Crippen molar-refractivity contribution in [2.45, 2.75) is 13.1 Å². The molecule has 0 saturated heterocycles. The Morgan fingerprint density at radius 2 is 1.83 bits per heavy atom. The quantitative estimate of drug-likeness (QED) is 0.389. The van der Waals surface area contributed by atoms with Crippen LogP contribution in [0.3, 0.4) is 0 Å². The van der Waals surface area contributed by atoms with Gasteiger partial charge in [0.2, 0.25) is 5.88 Å². The lowest BCUT2D eigenvalue weighted by molar-refractivity contribution is -0.141. The molecule has 1 N–H and O–H groups in total. The number of ether oxygens (including phenoxy) is 1. The molecule has 1 amide bonds. The Hall–Kier alpha value is -2.04. The molecule has 11 heteroatoms. The summed E-state index contributed by atoms with van der Waals surface area (Å²) in [6, 6.07) is 10.6. The second kappa shape index (κ2) is 8.99. The number of carbonyl (C=O) groups is 1. The van der Waals surface area contributed by atoms with E-state index in [4.69, 9.17) is 16.3 Å². The molecule has 3 aromatic rings. The summed E-state index contributed by atoms with van der Waals surface area (Å²) in [6.07, 6.45) is -4.69. The summed E-state index contributed by atoms with van der Waals surface area (Å²) in [5, 5.41) is 6.37. The molecule has 0 radical (unpaired) electrons. The van der Waals surface area contributed by atoms with Gasteiger partial charge in [-0.3, -0.25) is 4.79 Å². The molecule has 0 saturated carbocycles. The molecule has 0 spiro atoms. The van der Waals surface area contributed by atoms with E-state index in [2.05, 4.69) is 42.3 Å². The molecule has 0 aliphatic heterocycles. The zero-order chi connectivity index (χ0) is 22.1. The van der Waals surface area contributed by atoms with Gasteiger partial charge in [0.15, 0.2) is 12.3 Å². The van der Waals surface area contributed by atoms with Crippen molar-refractivity contribution in [2.24, 2.45) is 0 Å². The number of rotatable bonds is 5. The number of aromatic nitrogens is 2. The Morgan fingerprint density at radius 1 is 1.20 bits per heavy atom. The smallest absolute Gasteiger partial charge is 0.435 e. The van der Waals surface area contributed by atoms with Gasteiger partial charge in [0.25, 0.3) is 5.91 Å². The first-order valence-electron chi connectivity index (χ1n) is 8.36. The first-order chi connectivity index (χ1) is 14.1. The van der Waals surface area contributed by atoms with Crippen molar-refractivity contribution in [3.63, 3.8) is 0 Å². The highest BCUT2D eigenvalue weighted by atomic mass is 79.9. The van der Waals surface area contributed by atoms with Crippen molar-refractivity contribution in [1.82, 2.24) is 9.78 Å². The fraction of sp³-hybridized carbons (Fsp3) is 0.158. The average Bonchev–Trinajstić information content (AvgIpc) is 3.08. The Kier molecular flexibility index (Phi) is 6.78. The van der Waals surface area contributed by atoms with Crippen LogP contribution in [0.4, 0.5) is 18.9 Å². The highest BCUT2D eigenvalue weighted by Gasteiger charge is 2.36. The first kappa shape index (κ1) is 22.6. The number of benzene rings is 2. The van der Waals surface area contributed by atoms with E-state index < -0.39 is 24.4 Å². The molecule has 1 heterocycles. The predicted molar refractivity (Wildman–Crippen MR) is 114 cm³/mol.